The van der Waals surface area contributed by atoms with Crippen molar-refractivity contribution >= 4 is 6.21 Å². The minimum atomic E-state index is -0.0868. The van der Waals surface area contributed by atoms with Gasteiger partial charge in [-0.3, -0.25) is 5.43 Å². The molecule has 0 unspecified atom stereocenters. The monoisotopic (exact) mass is 102 g/mol. The van der Waals surface area contributed by atoms with Gasteiger partial charge in [0.15, 0.2) is 0 Å². The maximum absolute atomic E-state index is 8.07. The van der Waals surface area contributed by atoms with Crippen LogP contribution >= 0.6 is 0 Å². The van der Waals surface area contributed by atoms with Crippen LogP contribution in [0, 0.1) is 0 Å². The third-order valence-electron chi connectivity index (χ3n) is 0.436. The average Bonchev–Trinajstić information content (AvgIpc) is 1.69. The minimum Gasteiger partial charge on any atom is -0.375 e. The van der Waals surface area contributed by atoms with Gasteiger partial charge < -0.3 is 5.11 Å². The second-order valence-corrected chi connectivity index (χ2v) is 1.04. The predicted molar refractivity (Wildman–Crippen MR) is 29.0 cm³/mol. The molecule has 0 heterocycles. The molecule has 0 aliphatic rings. The first-order chi connectivity index (χ1) is 3.41. The zero-order chi connectivity index (χ0) is 5.54. The van der Waals surface area contributed by atoms with Crippen molar-refractivity contribution in [3.63, 3.8) is 0 Å². The highest BCUT2D eigenvalue weighted by Gasteiger charge is 1.64. The number of nitrogens with zero attached hydrogens (tertiary/aromatic N) is 1. The lowest BCUT2D eigenvalue weighted by Crippen LogP contribution is -2.05. The average molecular weight is 102 g/mol. The van der Waals surface area contributed by atoms with Gasteiger partial charge in [0.25, 0.3) is 0 Å². The molecule has 0 rings (SSSR count). The summed E-state index contributed by atoms with van der Waals surface area (Å²) < 4.78 is 0. The summed E-state index contributed by atoms with van der Waals surface area (Å²) in [6.07, 6.45) is 2.59. The van der Waals surface area contributed by atoms with E-state index in [1.807, 2.05) is 6.92 Å². The Labute approximate surface area is 43.0 Å². The van der Waals surface area contributed by atoms with Gasteiger partial charge in [0, 0.05) is 6.21 Å². The minimum absolute atomic E-state index is 0.0868. The fourth-order valence-electron chi connectivity index (χ4n) is 0.197. The molecule has 0 aliphatic carbocycles. The number of nitrogens with one attached hydrogen (secondary N) is 1. The van der Waals surface area contributed by atoms with Gasteiger partial charge in [-0.05, 0) is 6.42 Å². The van der Waals surface area contributed by atoms with E-state index in [9.17, 15) is 0 Å². The summed E-state index contributed by atoms with van der Waals surface area (Å²) in [5, 5.41) is 11.7. The largest absolute Gasteiger partial charge is 0.375 e. The molecule has 0 radical (unpaired) electrons. The number of aliphatic hydroxyl groups excluding tert-OH is 1. The van der Waals surface area contributed by atoms with Crippen molar-refractivity contribution in [1.29, 1.82) is 0 Å². The first-order valence-electron chi connectivity index (χ1n) is 2.27. The van der Waals surface area contributed by atoms with E-state index in [2.05, 4.69) is 10.5 Å². The van der Waals surface area contributed by atoms with Crippen molar-refractivity contribution in [2.45, 2.75) is 13.3 Å². The van der Waals surface area contributed by atoms with Crippen LogP contribution in [0.4, 0.5) is 0 Å². The Morgan fingerprint density at radius 1 is 1.86 bits per heavy atom. The first kappa shape index (κ1) is 6.43. The number of hydrogen-bond donors (Lipinski definition) is 2. The van der Waals surface area contributed by atoms with E-state index in [0.717, 1.165) is 6.42 Å². The molecule has 0 atom stereocenters. The molecule has 0 bridgehead atoms. The molecule has 2 N–H and O–H groups in total. The van der Waals surface area contributed by atoms with Crippen molar-refractivity contribution in [3.05, 3.63) is 0 Å². The molecule has 0 aliphatic heterocycles. The van der Waals surface area contributed by atoms with Crippen LogP contribution in [0.5, 0.6) is 0 Å². The van der Waals surface area contributed by atoms with Crippen molar-refractivity contribution in [3.8, 4) is 0 Å². The first-order valence-corrected chi connectivity index (χ1v) is 2.27. The van der Waals surface area contributed by atoms with Gasteiger partial charge in [0.1, 0.15) is 6.73 Å². The number of hydrogen-bond acceptors (Lipinski definition) is 3. The number of aliphatic hydroxyl groups is 1. The van der Waals surface area contributed by atoms with Crippen LogP contribution in [0.3, 0.4) is 0 Å². The van der Waals surface area contributed by atoms with Gasteiger partial charge in [-0.1, -0.05) is 6.92 Å². The highest BCUT2D eigenvalue weighted by molar-refractivity contribution is 5.55. The third kappa shape index (κ3) is 5.43. The molecule has 0 spiro atoms. The van der Waals surface area contributed by atoms with Gasteiger partial charge in [0.05, 0.1) is 0 Å². The van der Waals surface area contributed by atoms with Crippen LogP contribution in [-0.2, 0) is 0 Å². The molecule has 0 saturated carbocycles. The second-order valence-electron chi connectivity index (χ2n) is 1.04. The van der Waals surface area contributed by atoms with Crippen molar-refractivity contribution in [2.75, 3.05) is 6.73 Å². The summed E-state index contributed by atoms with van der Waals surface area (Å²) in [5.74, 6) is 0. The highest BCUT2D eigenvalue weighted by atomic mass is 16.3. The van der Waals surface area contributed by atoms with E-state index in [1.165, 1.54) is 0 Å². The second kappa shape index (κ2) is 5.43. The maximum Gasteiger partial charge on any atom is 0.128 e. The summed E-state index contributed by atoms with van der Waals surface area (Å²) in [5.41, 5.74) is 2.37. The van der Waals surface area contributed by atoms with E-state index in [4.69, 9.17) is 5.11 Å². The van der Waals surface area contributed by atoms with Crippen LogP contribution in [0.2, 0.25) is 0 Å². The highest BCUT2D eigenvalue weighted by Crippen LogP contribution is 1.62. The fourth-order valence-corrected chi connectivity index (χ4v) is 0.197. The summed E-state index contributed by atoms with van der Waals surface area (Å²) in [4.78, 5) is 0. The number of rotatable bonds is 3. The van der Waals surface area contributed by atoms with Crippen molar-refractivity contribution in [1.82, 2.24) is 5.43 Å². The molecular weight excluding hydrogens is 92.1 g/mol. The summed E-state index contributed by atoms with van der Waals surface area (Å²) in [6, 6.07) is 0. The summed E-state index contributed by atoms with van der Waals surface area (Å²) in [7, 11) is 0. The molecule has 3 heteroatoms. The lowest BCUT2D eigenvalue weighted by molar-refractivity contribution is 0.264. The van der Waals surface area contributed by atoms with E-state index in [1.54, 1.807) is 6.21 Å². The summed E-state index contributed by atoms with van der Waals surface area (Å²) in [6.45, 7) is 1.89. The Morgan fingerprint density at radius 3 is 3.00 bits per heavy atom. The van der Waals surface area contributed by atoms with E-state index >= 15 is 0 Å². The Balaban J connectivity index is 2.78. The molecule has 0 amide bonds. The normalized spacial score (nSPS) is 10.0. The standard InChI is InChI=1S/C4H10N2O/c1-2-3-5-6-4-7/h3,6-7H,2,4H2,1H3/b5-3-. The van der Waals surface area contributed by atoms with E-state index in [-0.39, 0.29) is 6.73 Å². The molecule has 0 saturated heterocycles. The van der Waals surface area contributed by atoms with Crippen LogP contribution in [0.15, 0.2) is 5.10 Å². The van der Waals surface area contributed by atoms with E-state index in [0.29, 0.717) is 0 Å². The van der Waals surface area contributed by atoms with Gasteiger partial charge in [-0.25, -0.2) is 0 Å². The lowest BCUT2D eigenvalue weighted by Gasteiger charge is -1.86. The zero-order valence-corrected chi connectivity index (χ0v) is 4.39. The van der Waals surface area contributed by atoms with Crippen LogP contribution in [0.25, 0.3) is 0 Å². The van der Waals surface area contributed by atoms with Crippen LogP contribution in [0.1, 0.15) is 13.3 Å². The van der Waals surface area contributed by atoms with Gasteiger partial charge in [0.2, 0.25) is 0 Å². The molecule has 7 heavy (non-hydrogen) atoms. The molecule has 42 valence electrons. The van der Waals surface area contributed by atoms with Gasteiger partial charge >= 0.3 is 0 Å². The Kier molecular flexibility index (Phi) is 4.99. The SMILES string of the molecule is CC/C=N\NCO. The van der Waals surface area contributed by atoms with Gasteiger partial charge in [-0.2, -0.15) is 5.10 Å². The third-order valence-corrected chi connectivity index (χ3v) is 0.436. The Morgan fingerprint density at radius 2 is 2.57 bits per heavy atom. The Bertz CT molecular complexity index is 53.7. The molecule has 0 aromatic rings. The topological polar surface area (TPSA) is 44.6 Å². The predicted octanol–water partition coefficient (Wildman–Crippen LogP) is -0.0784. The lowest BCUT2D eigenvalue weighted by atomic mass is 10.6. The van der Waals surface area contributed by atoms with Crippen molar-refractivity contribution in [2.24, 2.45) is 5.10 Å². The quantitative estimate of drug-likeness (QED) is 0.297. The molecule has 0 aromatic heterocycles. The fraction of sp³-hybridized carbons (Fsp3) is 0.750. The van der Waals surface area contributed by atoms with E-state index < -0.39 is 0 Å². The van der Waals surface area contributed by atoms with Gasteiger partial charge in [-0.15, -0.1) is 0 Å². The summed E-state index contributed by atoms with van der Waals surface area (Å²) >= 11 is 0. The molecular formula is C4H10N2O. The number of hydrazone groups is 1. The van der Waals surface area contributed by atoms with Crippen LogP contribution < -0.4 is 5.43 Å². The maximum atomic E-state index is 8.07. The molecule has 0 aromatic carbocycles. The molecule has 0 fully saturated rings. The smallest absolute Gasteiger partial charge is 0.128 e. The van der Waals surface area contributed by atoms with Crippen LogP contribution in [-0.4, -0.2) is 18.1 Å². The van der Waals surface area contributed by atoms with Crippen molar-refractivity contribution < 1.29 is 5.11 Å². The Hall–Kier alpha value is -0.570. The molecule has 3 nitrogen and oxygen atoms in total. The zero-order valence-electron chi connectivity index (χ0n) is 4.39.